The first-order valence-corrected chi connectivity index (χ1v) is 27.3. The molecule has 2 aromatic heterocycles. The van der Waals surface area contributed by atoms with Crippen LogP contribution in [0.2, 0.25) is 0 Å². The maximum absolute atomic E-state index is 13.3. The molecule has 12 rings (SSSR count). The fraction of sp³-hybridized carbons (Fsp3) is 0.492. The van der Waals surface area contributed by atoms with Crippen molar-refractivity contribution in [3.05, 3.63) is 106 Å². The lowest BCUT2D eigenvalue weighted by molar-refractivity contribution is -0.148. The number of carbonyl (C=O) groups excluding carboxylic acids is 3. The number of rotatable bonds is 8. The van der Waals surface area contributed by atoms with Gasteiger partial charge >= 0.3 is 23.9 Å². The lowest BCUT2D eigenvalue weighted by atomic mass is 9.81. The number of hydrogen-bond donors (Lipinski definition) is 1. The number of hydrogen-bond acceptors (Lipinski definition) is 9. The number of carboxylic acid groups (broad SMARTS) is 1. The first-order valence-electron chi connectivity index (χ1n) is 27.3. The molecular formula is C63H72N2O10. The van der Waals surface area contributed by atoms with Crippen molar-refractivity contribution in [2.45, 2.75) is 167 Å². The van der Waals surface area contributed by atoms with Crippen molar-refractivity contribution in [2.24, 2.45) is 10.8 Å². The molecule has 0 saturated heterocycles. The summed E-state index contributed by atoms with van der Waals surface area (Å²) in [4.78, 5) is 52.1. The van der Waals surface area contributed by atoms with E-state index in [1.807, 2.05) is 84.0 Å². The Morgan fingerprint density at radius 1 is 0.547 bits per heavy atom. The summed E-state index contributed by atoms with van der Waals surface area (Å²) < 4.78 is 32.4. The van der Waals surface area contributed by atoms with Crippen LogP contribution in [0.25, 0.3) is 44.3 Å². The van der Waals surface area contributed by atoms with E-state index in [0.717, 1.165) is 88.0 Å². The molecule has 4 aliphatic carbocycles. The molecule has 0 bridgehead atoms. The highest BCUT2D eigenvalue weighted by Crippen LogP contribution is 2.67. The molecule has 4 atom stereocenters. The Balaban J connectivity index is 0.000000161. The van der Waals surface area contributed by atoms with Crippen LogP contribution in [0.15, 0.2) is 72.8 Å². The molecule has 0 spiro atoms. The van der Waals surface area contributed by atoms with Gasteiger partial charge in [0, 0.05) is 57.9 Å². The summed E-state index contributed by atoms with van der Waals surface area (Å²) in [6.07, 6.45) is 13.3. The summed E-state index contributed by atoms with van der Waals surface area (Å²) in [6, 6.07) is 24.2. The van der Waals surface area contributed by atoms with Crippen LogP contribution in [-0.2, 0) is 36.9 Å². The van der Waals surface area contributed by atoms with Crippen molar-refractivity contribution in [3.63, 3.8) is 0 Å². The van der Waals surface area contributed by atoms with E-state index in [9.17, 15) is 24.3 Å². The molecule has 4 fully saturated rings. The van der Waals surface area contributed by atoms with Crippen LogP contribution in [-0.4, -0.2) is 70.6 Å². The Hall–Kier alpha value is -6.56. The van der Waals surface area contributed by atoms with Gasteiger partial charge in [0.15, 0.2) is 0 Å². The molecule has 394 valence electrons. The van der Waals surface area contributed by atoms with Crippen molar-refractivity contribution in [2.75, 3.05) is 21.3 Å². The van der Waals surface area contributed by atoms with Gasteiger partial charge in [-0.2, -0.15) is 0 Å². The fourth-order valence-corrected chi connectivity index (χ4v) is 13.7. The number of ether oxygens (including phenoxy) is 5. The third-order valence-corrected chi connectivity index (χ3v) is 17.3. The van der Waals surface area contributed by atoms with Gasteiger partial charge in [0.1, 0.15) is 22.7 Å². The number of aromatic nitrogens is 2. The maximum Gasteiger partial charge on any atom is 0.338 e. The Morgan fingerprint density at radius 2 is 0.960 bits per heavy atom. The largest absolute Gasteiger partial charge is 0.497 e. The van der Waals surface area contributed by atoms with Crippen LogP contribution in [0.1, 0.15) is 185 Å². The van der Waals surface area contributed by atoms with E-state index in [0.29, 0.717) is 42.5 Å². The van der Waals surface area contributed by atoms with E-state index in [1.165, 1.54) is 67.8 Å². The van der Waals surface area contributed by atoms with E-state index in [1.54, 1.807) is 14.2 Å². The maximum atomic E-state index is 13.3. The van der Waals surface area contributed by atoms with Crippen LogP contribution >= 0.6 is 0 Å². The Kier molecular flexibility index (Phi) is 12.6. The normalized spacial score (nSPS) is 22.8. The molecule has 2 aliphatic heterocycles. The SMILES string of the molecule is COC(=O)C12CC1c1cc(OC)ccc1-c1c(C3CCCCC3)c3ccc(C(=O)OC(C)(C)C)cc3n1C2.COc1ccc2c(c1)C1CC1(C(=O)O)Cn1c-2c(C2CCCCC2)c2ccc(C(=O)OC(C)(C)C)cc21. The molecule has 0 radical (unpaired) electrons. The standard InChI is InChI=1S/C32H37NO5.C31H35NO5/c1-31(2,3)38-29(34)20-11-13-23-26(15-20)33-18-32(30(35)37-5)17-25(32)24-16-21(36-4)12-14-22(24)28(33)27(23)19-9-7-6-8-10-19;1-30(2,3)37-28(33)19-10-12-22-25(14-19)32-17-31(29(34)35)16-24(31)23-15-20(36-4)11-13-21(23)27(32)26(22)18-8-6-5-7-9-18/h11-16,19,25H,6-10,17-18H2,1-5H3;10-15,18,24H,5-9,16-17H2,1-4H3,(H,34,35). The van der Waals surface area contributed by atoms with Gasteiger partial charge in [-0.1, -0.05) is 50.7 Å². The average Bonchev–Trinajstić information content (AvgIpc) is 4.27. The number of fused-ring (bicyclic) bond motifs is 14. The second-order valence-corrected chi connectivity index (χ2v) is 24.4. The fourth-order valence-electron chi connectivity index (χ4n) is 13.7. The molecule has 0 amide bonds. The van der Waals surface area contributed by atoms with E-state index < -0.39 is 28.0 Å². The molecule has 1 N–H and O–H groups in total. The van der Waals surface area contributed by atoms with Gasteiger partial charge in [0.25, 0.3) is 0 Å². The second-order valence-electron chi connectivity index (χ2n) is 24.4. The zero-order chi connectivity index (χ0) is 52.9. The number of methoxy groups -OCH3 is 3. The summed E-state index contributed by atoms with van der Waals surface area (Å²) in [5.41, 5.74) is 9.71. The average molecular weight is 1020 g/mol. The van der Waals surface area contributed by atoms with Gasteiger partial charge in [-0.15, -0.1) is 0 Å². The van der Waals surface area contributed by atoms with Gasteiger partial charge in [-0.05, 0) is 175 Å². The Labute approximate surface area is 440 Å². The van der Waals surface area contributed by atoms with Gasteiger partial charge in [0.2, 0.25) is 0 Å². The molecule has 75 heavy (non-hydrogen) atoms. The second kappa shape index (κ2) is 18.6. The van der Waals surface area contributed by atoms with Crippen LogP contribution < -0.4 is 9.47 Å². The van der Waals surface area contributed by atoms with Gasteiger partial charge in [-0.25, -0.2) is 9.59 Å². The Bertz CT molecular complexity index is 3300. The highest BCUT2D eigenvalue weighted by Gasteiger charge is 2.65. The minimum atomic E-state index is -0.857. The molecule has 4 unspecified atom stereocenters. The van der Waals surface area contributed by atoms with Crippen molar-refractivity contribution in [1.82, 2.24) is 9.13 Å². The molecule has 4 saturated carbocycles. The number of carboxylic acids is 1. The highest BCUT2D eigenvalue weighted by atomic mass is 16.6. The third-order valence-electron chi connectivity index (χ3n) is 17.3. The van der Waals surface area contributed by atoms with Crippen LogP contribution in [0, 0.1) is 10.8 Å². The minimum absolute atomic E-state index is 0.0571. The lowest BCUT2D eigenvalue weighted by Gasteiger charge is -2.24. The zero-order valence-corrected chi connectivity index (χ0v) is 45.2. The first kappa shape index (κ1) is 50.6. The van der Waals surface area contributed by atoms with Gasteiger partial charge in [0.05, 0.1) is 54.7 Å². The first-order chi connectivity index (χ1) is 35.8. The predicted octanol–water partition coefficient (Wildman–Crippen LogP) is 13.9. The molecule has 12 heteroatoms. The molecule has 6 aromatic rings. The molecular weight excluding hydrogens is 945 g/mol. The minimum Gasteiger partial charge on any atom is -0.497 e. The summed E-state index contributed by atoms with van der Waals surface area (Å²) in [5.74, 6) is 0.781. The van der Waals surface area contributed by atoms with Crippen LogP contribution in [0.5, 0.6) is 11.5 Å². The smallest absolute Gasteiger partial charge is 0.338 e. The topological polar surface area (TPSA) is 145 Å². The van der Waals surface area contributed by atoms with Crippen LogP contribution in [0.3, 0.4) is 0 Å². The quantitative estimate of drug-likeness (QED) is 0.116. The van der Waals surface area contributed by atoms with Crippen LogP contribution in [0.4, 0.5) is 0 Å². The number of nitrogens with zero attached hydrogens (tertiary/aromatic N) is 2. The van der Waals surface area contributed by atoms with E-state index in [4.69, 9.17) is 23.7 Å². The summed E-state index contributed by atoms with van der Waals surface area (Å²) >= 11 is 0. The van der Waals surface area contributed by atoms with E-state index in [2.05, 4.69) is 39.5 Å². The van der Waals surface area contributed by atoms with Crippen molar-refractivity contribution in [3.8, 4) is 34.0 Å². The lowest BCUT2D eigenvalue weighted by Crippen LogP contribution is -2.25. The monoisotopic (exact) mass is 1020 g/mol. The zero-order valence-electron chi connectivity index (χ0n) is 45.2. The van der Waals surface area contributed by atoms with Crippen molar-refractivity contribution < 1.29 is 48.0 Å². The van der Waals surface area contributed by atoms with Gasteiger partial charge in [-0.3, -0.25) is 9.59 Å². The Morgan fingerprint density at radius 3 is 1.36 bits per heavy atom. The number of esters is 3. The summed E-state index contributed by atoms with van der Waals surface area (Å²) in [6.45, 7) is 12.2. The molecule has 6 aliphatic rings. The number of benzene rings is 4. The highest BCUT2D eigenvalue weighted by molar-refractivity contribution is 6.02. The molecule has 4 heterocycles. The molecule has 12 nitrogen and oxygen atoms in total. The number of aliphatic carboxylic acids is 1. The summed E-state index contributed by atoms with van der Waals surface area (Å²) in [5, 5.41) is 12.7. The van der Waals surface area contributed by atoms with E-state index >= 15 is 0 Å². The predicted molar refractivity (Wildman–Crippen MR) is 289 cm³/mol. The molecule has 4 aromatic carbocycles. The van der Waals surface area contributed by atoms with Crippen molar-refractivity contribution in [1.29, 1.82) is 0 Å². The third kappa shape index (κ3) is 8.77. The van der Waals surface area contributed by atoms with E-state index in [-0.39, 0.29) is 29.7 Å². The number of carbonyl (C=O) groups is 4. The summed E-state index contributed by atoms with van der Waals surface area (Å²) in [7, 11) is 4.81. The van der Waals surface area contributed by atoms with Crippen molar-refractivity contribution >= 4 is 45.7 Å². The van der Waals surface area contributed by atoms with Gasteiger partial charge < -0.3 is 37.9 Å².